The molecule has 0 atom stereocenters. The number of carbonyl (C=O) groups excluding carboxylic acids is 3. The molecule has 1 fully saturated rings. The zero-order chi connectivity index (χ0) is 21.4. The van der Waals surface area contributed by atoms with Crippen molar-refractivity contribution in [3.8, 4) is 11.3 Å². The van der Waals surface area contributed by atoms with E-state index < -0.39 is 17.8 Å². The molecular weight excluding hydrogens is 472 g/mol. The van der Waals surface area contributed by atoms with E-state index in [1.165, 1.54) is 12.1 Å². The molecule has 4 amide bonds. The normalized spacial score (nSPS) is 15.6. The summed E-state index contributed by atoms with van der Waals surface area (Å²) in [6.45, 7) is 1.80. The average Bonchev–Trinajstić information content (AvgIpc) is 3.17. The van der Waals surface area contributed by atoms with Crippen molar-refractivity contribution in [2.24, 2.45) is 0 Å². The molecular formula is C22H14BrClN2O4. The molecule has 0 bridgehead atoms. The van der Waals surface area contributed by atoms with E-state index in [0.717, 1.165) is 20.5 Å². The number of rotatable bonds is 3. The smallest absolute Gasteiger partial charge is 0.335 e. The van der Waals surface area contributed by atoms with Crippen LogP contribution in [0.5, 0.6) is 0 Å². The summed E-state index contributed by atoms with van der Waals surface area (Å²) in [5.74, 6) is -0.662. The molecule has 3 aromatic rings. The van der Waals surface area contributed by atoms with Crippen molar-refractivity contribution >= 4 is 57.1 Å². The van der Waals surface area contributed by atoms with Gasteiger partial charge < -0.3 is 4.42 Å². The number of nitrogens with zero attached hydrogens (tertiary/aromatic N) is 1. The van der Waals surface area contributed by atoms with E-state index in [2.05, 4.69) is 21.2 Å². The molecule has 0 unspecified atom stereocenters. The number of hydrogen-bond donors (Lipinski definition) is 1. The van der Waals surface area contributed by atoms with Gasteiger partial charge in [0.05, 0.1) is 5.69 Å². The van der Waals surface area contributed by atoms with Crippen LogP contribution < -0.4 is 10.2 Å². The van der Waals surface area contributed by atoms with Crippen LogP contribution in [-0.4, -0.2) is 17.8 Å². The number of furan rings is 1. The summed E-state index contributed by atoms with van der Waals surface area (Å²) in [5.41, 5.74) is 1.69. The first-order valence-corrected chi connectivity index (χ1v) is 10.0. The molecule has 6 nitrogen and oxygen atoms in total. The minimum atomic E-state index is -0.836. The Morgan fingerprint density at radius 1 is 1.03 bits per heavy atom. The molecule has 1 aromatic heterocycles. The van der Waals surface area contributed by atoms with E-state index >= 15 is 0 Å². The van der Waals surface area contributed by atoms with Crippen molar-refractivity contribution in [1.82, 2.24) is 5.32 Å². The third-order valence-corrected chi connectivity index (χ3v) is 5.49. The van der Waals surface area contributed by atoms with E-state index in [4.69, 9.17) is 16.0 Å². The van der Waals surface area contributed by atoms with Crippen LogP contribution in [0.2, 0.25) is 5.02 Å². The van der Waals surface area contributed by atoms with Crippen LogP contribution in [0.25, 0.3) is 17.4 Å². The highest BCUT2D eigenvalue weighted by atomic mass is 79.9. The van der Waals surface area contributed by atoms with E-state index in [9.17, 15) is 14.4 Å². The van der Waals surface area contributed by atoms with Gasteiger partial charge in [-0.3, -0.25) is 14.9 Å². The van der Waals surface area contributed by atoms with Crippen LogP contribution in [-0.2, 0) is 9.59 Å². The van der Waals surface area contributed by atoms with Crippen LogP contribution >= 0.6 is 27.5 Å². The largest absolute Gasteiger partial charge is 0.457 e. The Hall–Kier alpha value is -3.16. The number of urea groups is 1. The lowest BCUT2D eigenvalue weighted by Gasteiger charge is -2.26. The predicted octanol–water partition coefficient (Wildman–Crippen LogP) is 5.34. The number of imide groups is 2. The molecule has 0 spiro atoms. The Labute approximate surface area is 185 Å². The second-order valence-electron chi connectivity index (χ2n) is 6.60. The standard InChI is InChI=1S/C22H14BrClN2O4/c1-12-2-7-15(10-18(12)24)26-21(28)17(20(27)25-22(26)29)11-16-8-9-19(30-16)13-3-5-14(23)6-4-13/h2-11H,1H3,(H,25,27,29)/b17-11+. The van der Waals surface area contributed by atoms with Gasteiger partial charge in [0, 0.05) is 15.1 Å². The number of anilines is 1. The third kappa shape index (κ3) is 3.81. The van der Waals surface area contributed by atoms with Gasteiger partial charge in [0.2, 0.25) is 0 Å². The van der Waals surface area contributed by atoms with E-state index in [-0.39, 0.29) is 11.3 Å². The fraction of sp³-hybridized carbons (Fsp3) is 0.0455. The lowest BCUT2D eigenvalue weighted by Crippen LogP contribution is -2.54. The van der Waals surface area contributed by atoms with Gasteiger partial charge in [0.15, 0.2) is 0 Å². The summed E-state index contributed by atoms with van der Waals surface area (Å²) in [6.07, 6.45) is 1.31. The number of carbonyl (C=O) groups is 3. The van der Waals surface area contributed by atoms with Crippen molar-refractivity contribution in [1.29, 1.82) is 0 Å². The number of aryl methyl sites for hydroxylation is 1. The second kappa shape index (κ2) is 7.93. The first-order valence-electron chi connectivity index (χ1n) is 8.87. The second-order valence-corrected chi connectivity index (χ2v) is 7.92. The molecule has 4 rings (SSSR count). The maximum absolute atomic E-state index is 12.9. The molecule has 1 aliphatic heterocycles. The van der Waals surface area contributed by atoms with Gasteiger partial charge in [0.25, 0.3) is 11.8 Å². The first-order chi connectivity index (χ1) is 14.3. The highest BCUT2D eigenvalue weighted by Gasteiger charge is 2.37. The summed E-state index contributed by atoms with van der Waals surface area (Å²) in [4.78, 5) is 38.4. The first kappa shape index (κ1) is 20.1. The zero-order valence-electron chi connectivity index (χ0n) is 15.6. The Balaban J connectivity index is 1.67. The minimum absolute atomic E-state index is 0.219. The van der Waals surface area contributed by atoms with Gasteiger partial charge in [-0.2, -0.15) is 0 Å². The Kier molecular flexibility index (Phi) is 5.32. The Morgan fingerprint density at radius 3 is 2.47 bits per heavy atom. The molecule has 1 saturated heterocycles. The fourth-order valence-corrected chi connectivity index (χ4v) is 3.39. The molecule has 1 aliphatic rings. The third-order valence-electron chi connectivity index (χ3n) is 4.56. The van der Waals surface area contributed by atoms with Crippen LogP contribution in [0.1, 0.15) is 11.3 Å². The quantitative estimate of drug-likeness (QED) is 0.401. The van der Waals surface area contributed by atoms with Crippen molar-refractivity contribution in [3.05, 3.63) is 81.0 Å². The fourth-order valence-electron chi connectivity index (χ4n) is 2.95. The lowest BCUT2D eigenvalue weighted by atomic mass is 10.1. The van der Waals surface area contributed by atoms with E-state index in [1.54, 1.807) is 31.2 Å². The molecule has 30 heavy (non-hydrogen) atoms. The number of barbiturate groups is 1. The number of halogens is 2. The topological polar surface area (TPSA) is 79.6 Å². The average molecular weight is 486 g/mol. The predicted molar refractivity (Wildman–Crippen MR) is 117 cm³/mol. The van der Waals surface area contributed by atoms with Crippen LogP contribution in [0.15, 0.2) is 69.1 Å². The van der Waals surface area contributed by atoms with Crippen LogP contribution in [0, 0.1) is 6.92 Å². The molecule has 0 aliphatic carbocycles. The summed E-state index contributed by atoms with van der Waals surface area (Å²) < 4.78 is 6.70. The van der Waals surface area contributed by atoms with Crippen LogP contribution in [0.4, 0.5) is 10.5 Å². The van der Waals surface area contributed by atoms with Crippen molar-refractivity contribution in [3.63, 3.8) is 0 Å². The highest BCUT2D eigenvalue weighted by molar-refractivity contribution is 9.10. The zero-order valence-corrected chi connectivity index (χ0v) is 18.0. The number of benzene rings is 2. The summed E-state index contributed by atoms with van der Waals surface area (Å²) in [6, 6.07) is 14.8. The molecule has 0 radical (unpaired) electrons. The van der Waals surface area contributed by atoms with E-state index in [0.29, 0.717) is 16.5 Å². The van der Waals surface area contributed by atoms with Crippen LogP contribution in [0.3, 0.4) is 0 Å². The Bertz CT molecular complexity index is 1210. The van der Waals surface area contributed by atoms with Gasteiger partial charge >= 0.3 is 6.03 Å². The van der Waals surface area contributed by atoms with Crippen molar-refractivity contribution in [2.45, 2.75) is 6.92 Å². The molecule has 2 heterocycles. The SMILES string of the molecule is Cc1ccc(N2C(=O)NC(=O)/C(=C\c3ccc(-c4ccc(Br)cc4)o3)C2=O)cc1Cl. The van der Waals surface area contributed by atoms with Gasteiger partial charge in [-0.25, -0.2) is 9.69 Å². The summed E-state index contributed by atoms with van der Waals surface area (Å²) >= 11 is 9.50. The molecule has 8 heteroatoms. The summed E-state index contributed by atoms with van der Waals surface area (Å²) in [7, 11) is 0. The monoisotopic (exact) mass is 484 g/mol. The van der Waals surface area contributed by atoms with Gasteiger partial charge in [-0.05, 0) is 55.0 Å². The lowest BCUT2D eigenvalue weighted by molar-refractivity contribution is -0.122. The molecule has 0 saturated carbocycles. The van der Waals surface area contributed by atoms with Gasteiger partial charge in [0.1, 0.15) is 17.1 Å². The maximum Gasteiger partial charge on any atom is 0.335 e. The molecule has 2 aromatic carbocycles. The van der Waals surface area contributed by atoms with Gasteiger partial charge in [-0.1, -0.05) is 45.7 Å². The maximum atomic E-state index is 12.9. The number of amides is 4. The highest BCUT2D eigenvalue weighted by Crippen LogP contribution is 2.28. The Morgan fingerprint density at radius 2 is 1.77 bits per heavy atom. The molecule has 150 valence electrons. The number of hydrogen-bond acceptors (Lipinski definition) is 4. The van der Waals surface area contributed by atoms with Gasteiger partial charge in [-0.15, -0.1) is 0 Å². The number of nitrogens with one attached hydrogen (secondary N) is 1. The van der Waals surface area contributed by atoms with E-state index in [1.807, 2.05) is 24.3 Å². The minimum Gasteiger partial charge on any atom is -0.457 e. The van der Waals surface area contributed by atoms with Crippen molar-refractivity contribution < 1.29 is 18.8 Å². The molecule has 1 N–H and O–H groups in total. The van der Waals surface area contributed by atoms with Crippen molar-refractivity contribution in [2.75, 3.05) is 4.90 Å². The summed E-state index contributed by atoms with van der Waals surface area (Å²) in [5, 5.41) is 2.58.